The van der Waals surface area contributed by atoms with Gasteiger partial charge in [-0.2, -0.15) is 0 Å². The summed E-state index contributed by atoms with van der Waals surface area (Å²) in [6.07, 6.45) is 0.632. The first-order valence-electron chi connectivity index (χ1n) is 4.54. The molecule has 0 atom stereocenters. The monoisotopic (exact) mass is 226 g/mol. The van der Waals surface area contributed by atoms with Crippen LogP contribution in [0.15, 0.2) is 0 Å². The fraction of sp³-hybridized carbons (Fsp3) is 0.500. The molecule has 0 bridgehead atoms. The Bertz CT molecular complexity index is 387. The Hall–Kier alpha value is -1.50. The van der Waals surface area contributed by atoms with Gasteiger partial charge < -0.3 is 5.32 Å². The van der Waals surface area contributed by atoms with Gasteiger partial charge in [0.25, 0.3) is 0 Å². The third-order valence-corrected chi connectivity index (χ3v) is 3.05. The second kappa shape index (κ2) is 3.93. The van der Waals surface area contributed by atoms with E-state index in [0.29, 0.717) is 23.0 Å². The van der Waals surface area contributed by atoms with E-state index in [2.05, 4.69) is 15.5 Å². The fourth-order valence-electron chi connectivity index (χ4n) is 1.35. The van der Waals surface area contributed by atoms with E-state index in [1.54, 1.807) is 7.05 Å². The van der Waals surface area contributed by atoms with Gasteiger partial charge in [-0.1, -0.05) is 11.3 Å². The van der Waals surface area contributed by atoms with Crippen LogP contribution in [0.2, 0.25) is 0 Å². The van der Waals surface area contributed by atoms with Gasteiger partial charge in [-0.15, -0.1) is 10.2 Å². The highest BCUT2D eigenvalue weighted by Crippen LogP contribution is 2.20. The molecule has 1 aliphatic rings. The molecular weight excluding hydrogens is 216 g/mol. The standard InChI is InChI=1S/C8H10N4O2S/c1-9-8-11-10-5(15-8)4-12-6(13)2-3-7(12)14/h2-4H2,1H3,(H,9,11). The maximum absolute atomic E-state index is 11.3. The van der Waals surface area contributed by atoms with E-state index in [1.165, 1.54) is 16.2 Å². The summed E-state index contributed by atoms with van der Waals surface area (Å²) >= 11 is 1.34. The summed E-state index contributed by atoms with van der Waals surface area (Å²) in [5, 5.41) is 11.9. The van der Waals surface area contributed by atoms with E-state index in [4.69, 9.17) is 0 Å². The number of hydrogen-bond donors (Lipinski definition) is 1. The molecule has 2 rings (SSSR count). The SMILES string of the molecule is CNc1nnc(CN2C(=O)CCC2=O)s1. The summed E-state index contributed by atoms with van der Waals surface area (Å²) in [4.78, 5) is 23.9. The number of amides is 2. The number of carbonyl (C=O) groups excluding carboxylic acids is 2. The maximum Gasteiger partial charge on any atom is 0.230 e. The van der Waals surface area contributed by atoms with E-state index < -0.39 is 0 Å². The van der Waals surface area contributed by atoms with Crippen molar-refractivity contribution >= 4 is 28.3 Å². The molecule has 1 aliphatic heterocycles. The summed E-state index contributed by atoms with van der Waals surface area (Å²) in [5.74, 6) is -0.248. The molecule has 6 nitrogen and oxygen atoms in total. The Morgan fingerprint density at radius 2 is 2.00 bits per heavy atom. The number of aromatic nitrogens is 2. The lowest BCUT2D eigenvalue weighted by Crippen LogP contribution is -2.28. The number of rotatable bonds is 3. The molecule has 1 aromatic heterocycles. The van der Waals surface area contributed by atoms with Crippen molar-refractivity contribution in [3.63, 3.8) is 0 Å². The molecule has 0 aliphatic carbocycles. The first kappa shape index (κ1) is 10.0. The lowest BCUT2D eigenvalue weighted by atomic mass is 10.4. The van der Waals surface area contributed by atoms with Crippen LogP contribution in [0, 0.1) is 0 Å². The number of likely N-dealkylation sites (tertiary alicyclic amines) is 1. The van der Waals surface area contributed by atoms with E-state index in [-0.39, 0.29) is 18.4 Å². The van der Waals surface area contributed by atoms with Crippen LogP contribution in [-0.2, 0) is 16.1 Å². The van der Waals surface area contributed by atoms with Gasteiger partial charge in [0.05, 0.1) is 6.54 Å². The minimum Gasteiger partial charge on any atom is -0.363 e. The van der Waals surface area contributed by atoms with Crippen molar-refractivity contribution < 1.29 is 9.59 Å². The Kier molecular flexibility index (Phi) is 2.63. The molecule has 1 aromatic rings. The molecule has 15 heavy (non-hydrogen) atoms. The van der Waals surface area contributed by atoms with Gasteiger partial charge in [-0.05, 0) is 0 Å². The van der Waals surface area contributed by atoms with Gasteiger partial charge in [-0.3, -0.25) is 14.5 Å². The van der Waals surface area contributed by atoms with Crippen molar-refractivity contribution in [3.05, 3.63) is 5.01 Å². The van der Waals surface area contributed by atoms with E-state index in [1.807, 2.05) is 0 Å². The van der Waals surface area contributed by atoms with Crippen LogP contribution in [0.1, 0.15) is 17.8 Å². The van der Waals surface area contributed by atoms with E-state index >= 15 is 0 Å². The lowest BCUT2D eigenvalue weighted by molar-refractivity contribution is -0.139. The molecule has 1 fully saturated rings. The number of anilines is 1. The third kappa shape index (κ3) is 1.96. The summed E-state index contributed by atoms with van der Waals surface area (Å²) in [7, 11) is 1.75. The summed E-state index contributed by atoms with van der Waals surface area (Å²) in [5.41, 5.74) is 0. The first-order chi connectivity index (χ1) is 7.20. The number of carbonyl (C=O) groups is 2. The highest BCUT2D eigenvalue weighted by atomic mass is 32.1. The summed E-state index contributed by atoms with van der Waals surface area (Å²) in [6, 6.07) is 0. The van der Waals surface area contributed by atoms with Crippen LogP contribution in [-0.4, -0.2) is 34.0 Å². The molecule has 1 N–H and O–H groups in total. The number of nitrogens with one attached hydrogen (secondary N) is 1. The van der Waals surface area contributed by atoms with Crippen molar-refractivity contribution in [1.82, 2.24) is 15.1 Å². The van der Waals surface area contributed by atoms with Crippen LogP contribution in [0.25, 0.3) is 0 Å². The van der Waals surface area contributed by atoms with Crippen molar-refractivity contribution in [2.24, 2.45) is 0 Å². The van der Waals surface area contributed by atoms with Crippen molar-refractivity contribution in [2.75, 3.05) is 12.4 Å². The Labute approximate surface area is 90.3 Å². The molecule has 1 saturated heterocycles. The highest BCUT2D eigenvalue weighted by molar-refractivity contribution is 7.15. The van der Waals surface area contributed by atoms with Crippen molar-refractivity contribution in [3.8, 4) is 0 Å². The average molecular weight is 226 g/mol. The van der Waals surface area contributed by atoms with Gasteiger partial charge in [0.2, 0.25) is 16.9 Å². The van der Waals surface area contributed by atoms with Gasteiger partial charge in [0.1, 0.15) is 5.01 Å². The number of imide groups is 1. The van der Waals surface area contributed by atoms with Crippen LogP contribution in [0.3, 0.4) is 0 Å². The Balaban J connectivity index is 2.07. The lowest BCUT2D eigenvalue weighted by Gasteiger charge is -2.10. The molecule has 0 spiro atoms. The first-order valence-corrected chi connectivity index (χ1v) is 5.35. The molecule has 7 heteroatoms. The second-order valence-corrected chi connectivity index (χ2v) is 4.19. The van der Waals surface area contributed by atoms with E-state index in [0.717, 1.165) is 0 Å². The Morgan fingerprint density at radius 1 is 1.33 bits per heavy atom. The summed E-state index contributed by atoms with van der Waals surface area (Å²) in [6.45, 7) is 0.247. The van der Waals surface area contributed by atoms with Crippen LogP contribution < -0.4 is 5.32 Å². The zero-order valence-corrected chi connectivity index (χ0v) is 9.00. The highest BCUT2D eigenvalue weighted by Gasteiger charge is 2.29. The molecule has 0 aromatic carbocycles. The zero-order valence-electron chi connectivity index (χ0n) is 8.19. The quantitative estimate of drug-likeness (QED) is 0.747. The molecule has 0 unspecified atom stereocenters. The van der Waals surface area contributed by atoms with Gasteiger partial charge >= 0.3 is 0 Å². The normalized spacial score (nSPS) is 16.2. The molecule has 2 amide bonds. The summed E-state index contributed by atoms with van der Waals surface area (Å²) < 4.78 is 0. The fourth-order valence-corrected chi connectivity index (χ4v) is 2.04. The third-order valence-electron chi connectivity index (χ3n) is 2.13. The van der Waals surface area contributed by atoms with Gasteiger partial charge in [-0.25, -0.2) is 0 Å². The molecule has 2 heterocycles. The van der Waals surface area contributed by atoms with Crippen LogP contribution >= 0.6 is 11.3 Å². The van der Waals surface area contributed by atoms with Crippen molar-refractivity contribution in [2.45, 2.75) is 19.4 Å². The van der Waals surface area contributed by atoms with Crippen molar-refractivity contribution in [1.29, 1.82) is 0 Å². The minimum absolute atomic E-state index is 0.124. The zero-order chi connectivity index (χ0) is 10.8. The topological polar surface area (TPSA) is 75.2 Å². The molecule has 0 radical (unpaired) electrons. The van der Waals surface area contributed by atoms with Gasteiger partial charge in [0, 0.05) is 19.9 Å². The second-order valence-electron chi connectivity index (χ2n) is 3.12. The largest absolute Gasteiger partial charge is 0.363 e. The average Bonchev–Trinajstić information content (AvgIpc) is 2.80. The predicted octanol–water partition coefficient (Wildman–Crippen LogP) is 0.229. The molecular formula is C8H10N4O2S. The Morgan fingerprint density at radius 3 is 2.53 bits per heavy atom. The molecule has 80 valence electrons. The number of hydrogen-bond acceptors (Lipinski definition) is 6. The maximum atomic E-state index is 11.3. The predicted molar refractivity (Wildman–Crippen MR) is 54.2 cm³/mol. The van der Waals surface area contributed by atoms with E-state index in [9.17, 15) is 9.59 Å². The van der Waals surface area contributed by atoms with Gasteiger partial charge in [0.15, 0.2) is 0 Å². The smallest absolute Gasteiger partial charge is 0.230 e. The van der Waals surface area contributed by atoms with Crippen LogP contribution in [0.5, 0.6) is 0 Å². The minimum atomic E-state index is -0.124. The number of nitrogens with zero attached hydrogens (tertiary/aromatic N) is 3. The van der Waals surface area contributed by atoms with Crippen LogP contribution in [0.4, 0.5) is 5.13 Å². The molecule has 0 saturated carbocycles.